The Hall–Kier alpha value is -0.770. The molecule has 0 spiro atoms. The van der Waals surface area contributed by atoms with Gasteiger partial charge in [-0.15, -0.1) is 0 Å². The van der Waals surface area contributed by atoms with Crippen LogP contribution in [0, 0.1) is 11.8 Å². The fourth-order valence-corrected chi connectivity index (χ4v) is 3.49. The average Bonchev–Trinajstić information content (AvgIpc) is 2.83. The minimum Gasteiger partial charge on any atom is -0.444 e. The van der Waals surface area contributed by atoms with E-state index in [0.29, 0.717) is 23.9 Å². The van der Waals surface area contributed by atoms with Crippen LogP contribution in [0.5, 0.6) is 0 Å². The maximum atomic E-state index is 12.3. The van der Waals surface area contributed by atoms with E-state index in [1.807, 2.05) is 25.7 Å². The predicted octanol–water partition coefficient (Wildman–Crippen LogP) is 3.02. The van der Waals surface area contributed by atoms with Crippen molar-refractivity contribution in [2.45, 2.75) is 71.6 Å². The van der Waals surface area contributed by atoms with Gasteiger partial charge in [0, 0.05) is 18.6 Å². The number of carbonyl (C=O) groups is 1. The maximum Gasteiger partial charge on any atom is 0.410 e. The first kappa shape index (κ1) is 15.6. The van der Waals surface area contributed by atoms with Gasteiger partial charge in [-0.1, -0.05) is 13.8 Å². The molecule has 0 aromatic rings. The molecule has 2 aliphatic rings. The molecule has 1 amide bonds. The van der Waals surface area contributed by atoms with Crippen molar-refractivity contribution >= 4 is 6.09 Å². The Balaban J connectivity index is 1.88. The Bertz CT molecular complexity index is 349. The van der Waals surface area contributed by atoms with Gasteiger partial charge < -0.3 is 15.0 Å². The summed E-state index contributed by atoms with van der Waals surface area (Å²) < 4.78 is 5.56. The van der Waals surface area contributed by atoms with Gasteiger partial charge in [-0.05, 0) is 58.4 Å². The molecular formula is C16H30N2O2. The highest BCUT2D eigenvalue weighted by Crippen LogP contribution is 2.42. The largest absolute Gasteiger partial charge is 0.444 e. The van der Waals surface area contributed by atoms with Gasteiger partial charge in [-0.25, -0.2) is 4.79 Å². The van der Waals surface area contributed by atoms with E-state index in [0.717, 1.165) is 32.4 Å². The lowest BCUT2D eigenvalue weighted by Gasteiger charge is -2.28. The Morgan fingerprint density at radius 3 is 2.65 bits per heavy atom. The summed E-state index contributed by atoms with van der Waals surface area (Å²) >= 11 is 0. The summed E-state index contributed by atoms with van der Waals surface area (Å²) in [7, 11) is 0. The molecule has 2 fully saturated rings. The molecule has 116 valence electrons. The van der Waals surface area contributed by atoms with Gasteiger partial charge in [0.25, 0.3) is 0 Å². The lowest BCUT2D eigenvalue weighted by molar-refractivity contribution is 0.0205. The number of carbonyl (C=O) groups excluding carboxylic acids is 1. The molecule has 0 aliphatic carbocycles. The van der Waals surface area contributed by atoms with E-state index < -0.39 is 5.60 Å². The third-order valence-electron chi connectivity index (χ3n) is 4.23. The molecule has 0 aromatic heterocycles. The Kier molecular flexibility index (Phi) is 4.62. The molecule has 0 radical (unpaired) electrons. The van der Waals surface area contributed by atoms with Crippen molar-refractivity contribution in [1.82, 2.24) is 10.2 Å². The van der Waals surface area contributed by atoms with Crippen molar-refractivity contribution in [2.75, 3.05) is 13.1 Å². The van der Waals surface area contributed by atoms with Crippen LogP contribution in [0.3, 0.4) is 0 Å². The predicted molar refractivity (Wildman–Crippen MR) is 80.7 cm³/mol. The van der Waals surface area contributed by atoms with E-state index in [-0.39, 0.29) is 6.09 Å². The number of ether oxygens (including phenoxy) is 1. The molecule has 4 heteroatoms. The second-order valence-electron chi connectivity index (χ2n) is 7.73. The molecule has 2 saturated heterocycles. The topological polar surface area (TPSA) is 41.6 Å². The highest BCUT2D eigenvalue weighted by molar-refractivity contribution is 5.70. The molecule has 2 rings (SSSR count). The second kappa shape index (κ2) is 5.92. The minimum absolute atomic E-state index is 0.114. The SMILES string of the molecule is CC(C)CNCC1CC2CCC1N2C(=O)OC(C)(C)C. The van der Waals surface area contributed by atoms with E-state index in [4.69, 9.17) is 4.74 Å². The van der Waals surface area contributed by atoms with Crippen molar-refractivity contribution in [3.05, 3.63) is 0 Å². The molecule has 2 bridgehead atoms. The third-order valence-corrected chi connectivity index (χ3v) is 4.23. The Morgan fingerprint density at radius 2 is 2.05 bits per heavy atom. The first-order valence-electron chi connectivity index (χ1n) is 8.00. The summed E-state index contributed by atoms with van der Waals surface area (Å²) in [6.45, 7) is 12.3. The highest BCUT2D eigenvalue weighted by Gasteiger charge is 2.49. The summed E-state index contributed by atoms with van der Waals surface area (Å²) in [5.41, 5.74) is -0.398. The van der Waals surface area contributed by atoms with Crippen LogP contribution >= 0.6 is 0 Å². The van der Waals surface area contributed by atoms with Crippen LogP contribution in [0.1, 0.15) is 53.9 Å². The molecule has 3 unspecified atom stereocenters. The van der Waals surface area contributed by atoms with E-state index in [1.165, 1.54) is 0 Å². The summed E-state index contributed by atoms with van der Waals surface area (Å²) in [4.78, 5) is 14.4. The highest BCUT2D eigenvalue weighted by atomic mass is 16.6. The molecule has 1 N–H and O–H groups in total. The molecule has 3 atom stereocenters. The number of hydrogen-bond acceptors (Lipinski definition) is 3. The van der Waals surface area contributed by atoms with Gasteiger partial charge >= 0.3 is 6.09 Å². The van der Waals surface area contributed by atoms with Crippen LogP contribution in [0.4, 0.5) is 4.79 Å². The Labute approximate surface area is 123 Å². The van der Waals surface area contributed by atoms with Crippen molar-refractivity contribution in [3.63, 3.8) is 0 Å². The second-order valence-corrected chi connectivity index (χ2v) is 7.73. The van der Waals surface area contributed by atoms with Crippen molar-refractivity contribution in [1.29, 1.82) is 0 Å². The number of fused-ring (bicyclic) bond motifs is 2. The summed E-state index contributed by atoms with van der Waals surface area (Å²) in [5.74, 6) is 1.27. The molecule has 2 aliphatic heterocycles. The first-order valence-corrected chi connectivity index (χ1v) is 8.00. The van der Waals surface area contributed by atoms with Gasteiger partial charge in [0.1, 0.15) is 5.60 Å². The normalized spacial score (nSPS) is 29.3. The van der Waals surface area contributed by atoms with Crippen LogP contribution in [0.25, 0.3) is 0 Å². The van der Waals surface area contributed by atoms with Crippen LogP contribution < -0.4 is 5.32 Å². The molecule has 0 aromatic carbocycles. The average molecular weight is 282 g/mol. The zero-order valence-corrected chi connectivity index (χ0v) is 13.6. The molecule has 4 nitrogen and oxygen atoms in total. The maximum absolute atomic E-state index is 12.3. The van der Waals surface area contributed by atoms with Gasteiger partial charge in [0.15, 0.2) is 0 Å². The zero-order chi connectivity index (χ0) is 14.9. The third kappa shape index (κ3) is 3.66. The smallest absolute Gasteiger partial charge is 0.410 e. The van der Waals surface area contributed by atoms with E-state index in [2.05, 4.69) is 19.2 Å². The monoisotopic (exact) mass is 282 g/mol. The van der Waals surface area contributed by atoms with E-state index in [1.54, 1.807) is 0 Å². The van der Waals surface area contributed by atoms with Crippen LogP contribution in [0.15, 0.2) is 0 Å². The lowest BCUT2D eigenvalue weighted by Crippen LogP contribution is -2.41. The quantitative estimate of drug-likeness (QED) is 0.862. The number of hydrogen-bond donors (Lipinski definition) is 1. The molecule has 0 saturated carbocycles. The van der Waals surface area contributed by atoms with Gasteiger partial charge in [-0.3, -0.25) is 0 Å². The Morgan fingerprint density at radius 1 is 1.35 bits per heavy atom. The summed E-state index contributed by atoms with van der Waals surface area (Å²) in [5, 5.41) is 3.54. The van der Waals surface area contributed by atoms with Gasteiger partial charge in [0.2, 0.25) is 0 Å². The standard InChI is InChI=1S/C16H30N2O2/c1-11(2)9-17-10-12-8-13-6-7-14(12)18(13)15(19)20-16(3,4)5/h11-14,17H,6-10H2,1-5H3. The summed E-state index contributed by atoms with van der Waals surface area (Å²) in [6.07, 6.45) is 3.30. The number of nitrogens with one attached hydrogen (secondary N) is 1. The van der Waals surface area contributed by atoms with Crippen LogP contribution in [0.2, 0.25) is 0 Å². The van der Waals surface area contributed by atoms with Gasteiger partial charge in [0.05, 0.1) is 0 Å². The fourth-order valence-electron chi connectivity index (χ4n) is 3.49. The van der Waals surface area contributed by atoms with E-state index in [9.17, 15) is 4.79 Å². The number of nitrogens with zero attached hydrogens (tertiary/aromatic N) is 1. The lowest BCUT2D eigenvalue weighted by atomic mass is 9.89. The fraction of sp³-hybridized carbons (Fsp3) is 0.938. The van der Waals surface area contributed by atoms with Crippen molar-refractivity contribution < 1.29 is 9.53 Å². The molecule has 2 heterocycles. The molecular weight excluding hydrogens is 252 g/mol. The molecule has 20 heavy (non-hydrogen) atoms. The summed E-state index contributed by atoms with van der Waals surface area (Å²) in [6, 6.07) is 0.787. The number of amides is 1. The minimum atomic E-state index is -0.398. The van der Waals surface area contributed by atoms with Crippen LogP contribution in [-0.2, 0) is 4.74 Å². The zero-order valence-electron chi connectivity index (χ0n) is 13.6. The number of rotatable bonds is 4. The van der Waals surface area contributed by atoms with Crippen molar-refractivity contribution in [3.8, 4) is 0 Å². The van der Waals surface area contributed by atoms with Gasteiger partial charge in [-0.2, -0.15) is 0 Å². The van der Waals surface area contributed by atoms with Crippen LogP contribution in [-0.4, -0.2) is 41.8 Å². The first-order chi connectivity index (χ1) is 9.28. The van der Waals surface area contributed by atoms with Crippen molar-refractivity contribution in [2.24, 2.45) is 11.8 Å². The van der Waals surface area contributed by atoms with E-state index >= 15 is 0 Å².